The molecule has 1 aliphatic rings. The third-order valence-electron chi connectivity index (χ3n) is 7.20. The lowest BCUT2D eigenvalue weighted by Gasteiger charge is -2.35. The zero-order valence-corrected chi connectivity index (χ0v) is 22.5. The van der Waals surface area contributed by atoms with Gasteiger partial charge in [-0.3, -0.25) is 4.79 Å². The molecule has 1 fully saturated rings. The largest absolute Gasteiger partial charge is 0.448 e. The van der Waals surface area contributed by atoms with Crippen molar-refractivity contribution in [3.05, 3.63) is 101 Å². The predicted molar refractivity (Wildman–Crippen MR) is 148 cm³/mol. The van der Waals surface area contributed by atoms with Gasteiger partial charge in [0.05, 0.1) is 24.3 Å². The molecule has 218 valence electrons. The molecule has 1 aliphatic heterocycles. The highest BCUT2D eigenvalue weighted by Crippen LogP contribution is 2.30. The first-order valence-corrected chi connectivity index (χ1v) is 13.3. The van der Waals surface area contributed by atoms with Crippen LogP contribution in [-0.4, -0.2) is 49.4 Å². The summed E-state index contributed by atoms with van der Waals surface area (Å²) in [6.07, 6.45) is -0.679. The number of morpholine rings is 1. The van der Waals surface area contributed by atoms with E-state index in [0.717, 1.165) is 0 Å². The van der Waals surface area contributed by atoms with Gasteiger partial charge in [-0.25, -0.2) is 18.0 Å². The number of ether oxygens (including phenoxy) is 2. The molecule has 0 aromatic heterocycles. The number of carbonyl (C=O) groups excluding carboxylic acids is 2. The third kappa shape index (κ3) is 7.84. The minimum Gasteiger partial charge on any atom is -0.448 e. The van der Waals surface area contributed by atoms with Gasteiger partial charge in [0.1, 0.15) is 24.1 Å². The molecular weight excluding hydrogens is 537 g/mol. The summed E-state index contributed by atoms with van der Waals surface area (Å²) in [6, 6.07) is 14.1. The second-order valence-electron chi connectivity index (χ2n) is 10.0. The Morgan fingerprint density at radius 1 is 1.02 bits per heavy atom. The fourth-order valence-electron chi connectivity index (χ4n) is 4.98. The normalized spacial score (nSPS) is 19.5. The number of benzene rings is 3. The summed E-state index contributed by atoms with van der Waals surface area (Å²) in [5, 5.41) is 6.01. The summed E-state index contributed by atoms with van der Waals surface area (Å²) in [4.78, 5) is 24.3. The van der Waals surface area contributed by atoms with Gasteiger partial charge in [-0.15, -0.1) is 0 Å². The zero-order chi connectivity index (χ0) is 29.5. The van der Waals surface area contributed by atoms with Crippen LogP contribution in [0.3, 0.4) is 0 Å². The van der Waals surface area contributed by atoms with Gasteiger partial charge in [0, 0.05) is 23.7 Å². The number of amides is 2. The van der Waals surface area contributed by atoms with Crippen LogP contribution in [0.15, 0.2) is 66.7 Å². The smallest absolute Gasteiger partial charge is 0.404 e. The van der Waals surface area contributed by atoms with E-state index in [1.165, 1.54) is 60.7 Å². The Morgan fingerprint density at radius 3 is 2.20 bits per heavy atom. The molecule has 0 aliphatic carbocycles. The SMILES string of the molecule is CC1OC(CCc2c(F)cccc2NC(=O)C(N)C(c2ccc(F)cc2)c2ccc(F)cc2)CNC1COC(N)=O. The standard InChI is InChI=1S/C30H33F3N4O4/c1-17-26(16-40-30(35)39)36-15-22(41-17)13-14-23-24(33)3-2-4-25(23)37-29(38)28(34)27(18-5-9-20(31)10-6-18)19-7-11-21(32)12-8-19/h2-12,17,22,26-28,36H,13-16,34H2,1H3,(H2,35,39)(H,37,38). The third-order valence-corrected chi connectivity index (χ3v) is 7.20. The van der Waals surface area contributed by atoms with E-state index in [0.29, 0.717) is 29.7 Å². The van der Waals surface area contributed by atoms with Gasteiger partial charge in [-0.1, -0.05) is 30.3 Å². The van der Waals surface area contributed by atoms with Crippen molar-refractivity contribution in [2.45, 2.75) is 50.0 Å². The molecule has 6 N–H and O–H groups in total. The number of anilines is 1. The van der Waals surface area contributed by atoms with Crippen molar-refractivity contribution in [1.29, 1.82) is 0 Å². The summed E-state index contributed by atoms with van der Waals surface area (Å²) in [5.41, 5.74) is 13.2. The van der Waals surface area contributed by atoms with E-state index in [-0.39, 0.29) is 37.0 Å². The lowest BCUT2D eigenvalue weighted by molar-refractivity contribution is -0.117. The van der Waals surface area contributed by atoms with Gasteiger partial charge in [0.15, 0.2) is 0 Å². The van der Waals surface area contributed by atoms with Crippen LogP contribution in [0.1, 0.15) is 36.0 Å². The van der Waals surface area contributed by atoms with E-state index in [4.69, 9.17) is 20.9 Å². The molecule has 1 saturated heterocycles. The van der Waals surface area contributed by atoms with Crippen molar-refractivity contribution >= 4 is 17.7 Å². The molecule has 8 nitrogen and oxygen atoms in total. The van der Waals surface area contributed by atoms with Crippen LogP contribution in [0.2, 0.25) is 0 Å². The number of primary amides is 1. The van der Waals surface area contributed by atoms with Crippen molar-refractivity contribution in [1.82, 2.24) is 5.32 Å². The average molecular weight is 571 g/mol. The van der Waals surface area contributed by atoms with Crippen LogP contribution >= 0.6 is 0 Å². The predicted octanol–water partition coefficient (Wildman–Crippen LogP) is 3.98. The minimum absolute atomic E-state index is 0.0732. The van der Waals surface area contributed by atoms with Crippen molar-refractivity contribution in [2.24, 2.45) is 11.5 Å². The first-order valence-electron chi connectivity index (χ1n) is 13.3. The maximum atomic E-state index is 15.0. The van der Waals surface area contributed by atoms with Crippen LogP contribution in [0.4, 0.5) is 23.7 Å². The molecule has 4 atom stereocenters. The van der Waals surface area contributed by atoms with Gasteiger partial charge in [-0.2, -0.15) is 0 Å². The second-order valence-corrected chi connectivity index (χ2v) is 10.0. The monoisotopic (exact) mass is 570 g/mol. The fourth-order valence-corrected chi connectivity index (χ4v) is 4.98. The van der Waals surface area contributed by atoms with Gasteiger partial charge >= 0.3 is 6.09 Å². The van der Waals surface area contributed by atoms with Crippen molar-refractivity contribution in [3.8, 4) is 0 Å². The lowest BCUT2D eigenvalue weighted by Crippen LogP contribution is -2.53. The Hall–Kier alpha value is -3.93. The average Bonchev–Trinajstić information content (AvgIpc) is 2.94. The number of rotatable bonds is 10. The highest BCUT2D eigenvalue weighted by Gasteiger charge is 2.30. The Kier molecular flexibility index (Phi) is 9.98. The van der Waals surface area contributed by atoms with Gasteiger partial charge in [0.25, 0.3) is 0 Å². The van der Waals surface area contributed by atoms with Gasteiger partial charge < -0.3 is 31.6 Å². The molecule has 0 saturated carbocycles. The highest BCUT2D eigenvalue weighted by atomic mass is 19.1. The maximum absolute atomic E-state index is 15.0. The number of nitrogens with one attached hydrogen (secondary N) is 2. The molecule has 3 aromatic rings. The number of hydrogen-bond acceptors (Lipinski definition) is 6. The van der Waals surface area contributed by atoms with E-state index >= 15 is 0 Å². The molecule has 4 unspecified atom stereocenters. The summed E-state index contributed by atoms with van der Waals surface area (Å²) >= 11 is 0. The van der Waals surface area contributed by atoms with E-state index in [1.807, 2.05) is 6.92 Å². The van der Waals surface area contributed by atoms with Gasteiger partial charge in [0.2, 0.25) is 5.91 Å². The molecule has 1 heterocycles. The molecule has 2 amide bonds. The molecule has 0 radical (unpaired) electrons. The number of nitrogens with two attached hydrogens (primary N) is 2. The van der Waals surface area contributed by atoms with Crippen molar-refractivity contribution < 1.29 is 32.2 Å². The fraction of sp³-hybridized carbons (Fsp3) is 0.333. The Bertz CT molecular complexity index is 1300. The Labute approximate surface area is 236 Å². The molecule has 0 spiro atoms. The number of halogens is 3. The minimum atomic E-state index is -1.16. The van der Waals surface area contributed by atoms with E-state index in [1.54, 1.807) is 6.07 Å². The summed E-state index contributed by atoms with van der Waals surface area (Å²) in [7, 11) is 0. The topological polar surface area (TPSA) is 129 Å². The zero-order valence-electron chi connectivity index (χ0n) is 22.5. The number of carbonyl (C=O) groups is 2. The molecule has 11 heteroatoms. The molecule has 41 heavy (non-hydrogen) atoms. The maximum Gasteiger partial charge on any atom is 0.404 e. The van der Waals surface area contributed by atoms with E-state index in [9.17, 15) is 22.8 Å². The first-order chi connectivity index (χ1) is 19.6. The van der Waals surface area contributed by atoms with Crippen LogP contribution in [0.25, 0.3) is 0 Å². The van der Waals surface area contributed by atoms with Crippen LogP contribution in [0.5, 0.6) is 0 Å². The van der Waals surface area contributed by atoms with Crippen LogP contribution in [0, 0.1) is 17.5 Å². The summed E-state index contributed by atoms with van der Waals surface area (Å²) in [6.45, 7) is 2.36. The van der Waals surface area contributed by atoms with E-state index in [2.05, 4.69) is 10.6 Å². The molecule has 4 rings (SSSR count). The summed E-state index contributed by atoms with van der Waals surface area (Å²) in [5.74, 6) is -2.69. The second kappa shape index (κ2) is 13.6. The quantitative estimate of drug-likeness (QED) is 0.292. The molecular formula is C30H33F3N4O4. The Morgan fingerprint density at radius 2 is 1.63 bits per heavy atom. The van der Waals surface area contributed by atoms with Crippen LogP contribution < -0.4 is 22.1 Å². The summed E-state index contributed by atoms with van der Waals surface area (Å²) < 4.78 is 53.1. The lowest BCUT2D eigenvalue weighted by atomic mass is 9.85. The first kappa shape index (κ1) is 30.0. The highest BCUT2D eigenvalue weighted by molar-refractivity contribution is 5.96. The number of hydrogen-bond donors (Lipinski definition) is 4. The van der Waals surface area contributed by atoms with E-state index < -0.39 is 41.4 Å². The van der Waals surface area contributed by atoms with Gasteiger partial charge in [-0.05, 0) is 67.3 Å². The molecule has 3 aromatic carbocycles. The van der Waals surface area contributed by atoms with Crippen molar-refractivity contribution in [3.63, 3.8) is 0 Å². The van der Waals surface area contributed by atoms with Crippen molar-refractivity contribution in [2.75, 3.05) is 18.5 Å². The van der Waals surface area contributed by atoms with Crippen LogP contribution in [-0.2, 0) is 20.7 Å². The Balaban J connectivity index is 1.46. The molecule has 0 bridgehead atoms.